The lowest BCUT2D eigenvalue weighted by Crippen LogP contribution is -1.89. The topological polar surface area (TPSA) is 17.3 Å². The van der Waals surface area contributed by atoms with Crippen molar-refractivity contribution in [3.05, 3.63) is 23.5 Å². The largest absolute Gasteiger partial charge is 0.295 e. The lowest BCUT2D eigenvalue weighted by atomic mass is 10.2. The summed E-state index contributed by atoms with van der Waals surface area (Å²) in [7, 11) is 0. The van der Waals surface area contributed by atoms with Gasteiger partial charge in [-0.2, -0.15) is 0 Å². The van der Waals surface area contributed by atoms with Gasteiger partial charge in [0.1, 0.15) is 0 Å². The van der Waals surface area contributed by atoms with Crippen molar-refractivity contribution in [3.63, 3.8) is 0 Å². The quantitative estimate of drug-likeness (QED) is 0.683. The first-order valence-electron chi connectivity index (χ1n) is 4.81. The van der Waals surface area contributed by atoms with E-state index in [4.69, 9.17) is 0 Å². The van der Waals surface area contributed by atoms with Crippen LogP contribution >= 0.6 is 11.3 Å². The molecule has 0 saturated heterocycles. The maximum atomic E-state index is 4.25. The SMILES string of the molecule is CCCCCc1csc2nccn12. The molecule has 2 rings (SSSR count). The number of rotatable bonds is 4. The normalized spacial score (nSPS) is 11.2. The standard InChI is InChI=1S/C10H14N2S/c1-2-3-4-5-9-8-13-10-11-6-7-12(9)10/h6-8H,2-5H2,1H3. The van der Waals surface area contributed by atoms with Gasteiger partial charge in [0.15, 0.2) is 4.96 Å². The zero-order valence-corrected chi connectivity index (χ0v) is 8.68. The Morgan fingerprint density at radius 2 is 2.38 bits per heavy atom. The summed E-state index contributed by atoms with van der Waals surface area (Å²) in [5.74, 6) is 0. The molecule has 70 valence electrons. The molecular formula is C10H14N2S. The van der Waals surface area contributed by atoms with E-state index >= 15 is 0 Å². The Morgan fingerprint density at radius 3 is 3.23 bits per heavy atom. The van der Waals surface area contributed by atoms with E-state index in [-0.39, 0.29) is 0 Å². The summed E-state index contributed by atoms with van der Waals surface area (Å²) in [6, 6.07) is 0. The fourth-order valence-electron chi connectivity index (χ4n) is 1.51. The first-order valence-corrected chi connectivity index (χ1v) is 5.69. The van der Waals surface area contributed by atoms with Gasteiger partial charge in [-0.25, -0.2) is 4.98 Å². The number of aromatic nitrogens is 2. The van der Waals surface area contributed by atoms with Gasteiger partial charge >= 0.3 is 0 Å². The van der Waals surface area contributed by atoms with Crippen LogP contribution in [0.4, 0.5) is 0 Å². The predicted molar refractivity (Wildman–Crippen MR) is 56.3 cm³/mol. The third-order valence-corrected chi connectivity index (χ3v) is 3.16. The van der Waals surface area contributed by atoms with E-state index in [1.165, 1.54) is 31.4 Å². The molecule has 0 aromatic carbocycles. The van der Waals surface area contributed by atoms with Gasteiger partial charge in [-0.3, -0.25) is 4.40 Å². The highest BCUT2D eigenvalue weighted by atomic mass is 32.1. The van der Waals surface area contributed by atoms with E-state index in [2.05, 4.69) is 21.7 Å². The molecule has 0 bridgehead atoms. The van der Waals surface area contributed by atoms with Crippen LogP contribution in [0.2, 0.25) is 0 Å². The second kappa shape index (κ2) is 3.92. The maximum Gasteiger partial charge on any atom is 0.193 e. The predicted octanol–water partition coefficient (Wildman–Crippen LogP) is 3.13. The lowest BCUT2D eigenvalue weighted by Gasteiger charge is -1.97. The third-order valence-electron chi connectivity index (χ3n) is 2.25. The van der Waals surface area contributed by atoms with Crippen LogP contribution in [0.1, 0.15) is 31.9 Å². The number of nitrogens with zero attached hydrogens (tertiary/aromatic N) is 2. The Morgan fingerprint density at radius 1 is 1.46 bits per heavy atom. The molecule has 2 nitrogen and oxygen atoms in total. The van der Waals surface area contributed by atoms with Crippen LogP contribution < -0.4 is 0 Å². The molecule has 2 heterocycles. The summed E-state index contributed by atoms with van der Waals surface area (Å²) in [6.45, 7) is 2.24. The van der Waals surface area contributed by atoms with Crippen molar-refractivity contribution < 1.29 is 0 Å². The zero-order valence-electron chi connectivity index (χ0n) is 7.86. The molecule has 0 spiro atoms. The summed E-state index contributed by atoms with van der Waals surface area (Å²) < 4.78 is 2.19. The van der Waals surface area contributed by atoms with E-state index in [1.807, 2.05) is 12.4 Å². The highest BCUT2D eigenvalue weighted by Gasteiger charge is 2.02. The first kappa shape index (κ1) is 8.75. The van der Waals surface area contributed by atoms with Gasteiger partial charge in [-0.1, -0.05) is 19.8 Å². The zero-order chi connectivity index (χ0) is 9.10. The molecule has 0 fully saturated rings. The van der Waals surface area contributed by atoms with E-state index < -0.39 is 0 Å². The molecule has 2 aromatic rings. The van der Waals surface area contributed by atoms with Crippen LogP contribution in [0, 0.1) is 0 Å². The van der Waals surface area contributed by atoms with E-state index in [0.29, 0.717) is 0 Å². The van der Waals surface area contributed by atoms with E-state index in [1.54, 1.807) is 11.3 Å². The summed E-state index contributed by atoms with van der Waals surface area (Å²) >= 11 is 1.73. The van der Waals surface area contributed by atoms with Crippen LogP contribution in [-0.2, 0) is 6.42 Å². The van der Waals surface area contributed by atoms with E-state index in [0.717, 1.165) is 4.96 Å². The van der Waals surface area contributed by atoms with Gasteiger partial charge in [0, 0.05) is 23.5 Å². The Kier molecular flexibility index (Phi) is 2.64. The summed E-state index contributed by atoms with van der Waals surface area (Å²) in [5, 5.41) is 2.22. The summed E-state index contributed by atoms with van der Waals surface area (Å²) in [6.07, 6.45) is 9.01. The molecule has 0 saturated carbocycles. The minimum absolute atomic E-state index is 1.12. The fourth-order valence-corrected chi connectivity index (χ4v) is 2.39. The summed E-state index contributed by atoms with van der Waals surface area (Å²) in [5.41, 5.74) is 1.41. The monoisotopic (exact) mass is 194 g/mol. The van der Waals surface area contributed by atoms with Gasteiger partial charge in [0.25, 0.3) is 0 Å². The van der Waals surface area contributed by atoms with Crippen molar-refractivity contribution >= 4 is 16.3 Å². The van der Waals surface area contributed by atoms with Crippen LogP contribution in [0.3, 0.4) is 0 Å². The second-order valence-corrected chi connectivity index (χ2v) is 4.10. The highest BCUT2D eigenvalue weighted by Crippen LogP contribution is 2.16. The molecule has 2 aromatic heterocycles. The first-order chi connectivity index (χ1) is 6.42. The maximum absolute atomic E-state index is 4.25. The Bertz CT molecular complexity index is 375. The molecule has 3 heteroatoms. The van der Waals surface area contributed by atoms with E-state index in [9.17, 15) is 0 Å². The van der Waals surface area contributed by atoms with Crippen molar-refractivity contribution in [1.29, 1.82) is 0 Å². The number of thiazole rings is 1. The fraction of sp³-hybridized carbons (Fsp3) is 0.500. The van der Waals surface area contributed by atoms with Crippen molar-refractivity contribution in [1.82, 2.24) is 9.38 Å². The molecule has 0 amide bonds. The molecule has 13 heavy (non-hydrogen) atoms. The number of hydrogen-bond acceptors (Lipinski definition) is 2. The second-order valence-electron chi connectivity index (χ2n) is 3.26. The van der Waals surface area contributed by atoms with Crippen molar-refractivity contribution in [2.24, 2.45) is 0 Å². The molecule has 0 N–H and O–H groups in total. The van der Waals surface area contributed by atoms with Gasteiger partial charge in [-0.05, 0) is 12.8 Å². The van der Waals surface area contributed by atoms with Crippen LogP contribution in [0.5, 0.6) is 0 Å². The molecule has 0 radical (unpaired) electrons. The number of hydrogen-bond donors (Lipinski definition) is 0. The number of unbranched alkanes of at least 4 members (excludes halogenated alkanes) is 2. The lowest BCUT2D eigenvalue weighted by molar-refractivity contribution is 0.705. The van der Waals surface area contributed by atoms with Crippen LogP contribution in [-0.4, -0.2) is 9.38 Å². The molecule has 0 aliphatic carbocycles. The molecule has 0 atom stereocenters. The Hall–Kier alpha value is -0.830. The van der Waals surface area contributed by atoms with Gasteiger partial charge < -0.3 is 0 Å². The minimum atomic E-state index is 1.12. The van der Waals surface area contributed by atoms with Crippen LogP contribution in [0.25, 0.3) is 4.96 Å². The summed E-state index contributed by atoms with van der Waals surface area (Å²) in [4.78, 5) is 5.37. The van der Waals surface area contributed by atoms with Crippen molar-refractivity contribution in [3.8, 4) is 0 Å². The minimum Gasteiger partial charge on any atom is -0.295 e. The van der Waals surface area contributed by atoms with Gasteiger partial charge in [-0.15, -0.1) is 11.3 Å². The van der Waals surface area contributed by atoms with Crippen molar-refractivity contribution in [2.75, 3.05) is 0 Å². The number of aryl methyl sites for hydroxylation is 1. The third kappa shape index (κ3) is 1.75. The number of fused-ring (bicyclic) bond motifs is 1. The van der Waals surface area contributed by atoms with Gasteiger partial charge in [0.05, 0.1) is 0 Å². The highest BCUT2D eigenvalue weighted by molar-refractivity contribution is 7.15. The average molecular weight is 194 g/mol. The van der Waals surface area contributed by atoms with Gasteiger partial charge in [0.2, 0.25) is 0 Å². The average Bonchev–Trinajstić information content (AvgIpc) is 2.68. The van der Waals surface area contributed by atoms with Crippen molar-refractivity contribution in [2.45, 2.75) is 32.6 Å². The molecule has 0 unspecified atom stereocenters. The number of imidazole rings is 1. The molecule has 0 aliphatic heterocycles. The molecular weight excluding hydrogens is 180 g/mol. The Balaban J connectivity index is 2.09. The van der Waals surface area contributed by atoms with Crippen LogP contribution in [0.15, 0.2) is 17.8 Å². The molecule has 0 aliphatic rings. The smallest absolute Gasteiger partial charge is 0.193 e. The Labute approximate surface area is 82.2 Å².